The van der Waals surface area contributed by atoms with Crippen molar-refractivity contribution < 1.29 is 23.5 Å². The van der Waals surface area contributed by atoms with E-state index in [9.17, 15) is 14.4 Å². The van der Waals surface area contributed by atoms with Crippen LogP contribution in [0.2, 0.25) is 0 Å². The minimum Gasteiger partial charge on any atom is -0.467 e. The van der Waals surface area contributed by atoms with E-state index in [1.54, 1.807) is 54.8 Å². The zero-order valence-corrected chi connectivity index (χ0v) is 15.3. The minimum absolute atomic E-state index is 0.128. The smallest absolute Gasteiger partial charge is 0.339 e. The second kappa shape index (κ2) is 8.46. The molecule has 1 atom stereocenters. The lowest BCUT2D eigenvalue weighted by atomic mass is 10.0. The van der Waals surface area contributed by atoms with Gasteiger partial charge in [0.1, 0.15) is 5.76 Å². The molecule has 1 aromatic carbocycles. The molecule has 0 spiro atoms. The predicted octanol–water partition coefficient (Wildman–Crippen LogP) is 3.61. The molecule has 0 aliphatic heterocycles. The summed E-state index contributed by atoms with van der Waals surface area (Å²) in [6.07, 6.45) is 1.51. The molecule has 138 valence electrons. The van der Waals surface area contributed by atoms with Crippen molar-refractivity contribution in [2.24, 2.45) is 0 Å². The fraction of sp³-hybridized carbons (Fsp3) is 0.150. The Morgan fingerprint density at radius 2 is 1.85 bits per heavy atom. The normalized spacial score (nSPS) is 11.6. The van der Waals surface area contributed by atoms with Crippen molar-refractivity contribution in [1.82, 2.24) is 5.32 Å². The van der Waals surface area contributed by atoms with E-state index in [0.29, 0.717) is 10.6 Å². The van der Waals surface area contributed by atoms with E-state index in [1.165, 1.54) is 23.7 Å². The molecule has 0 unspecified atom stereocenters. The van der Waals surface area contributed by atoms with Crippen molar-refractivity contribution in [2.45, 2.75) is 13.0 Å². The molecule has 0 aliphatic carbocycles. The number of amides is 1. The fourth-order valence-electron chi connectivity index (χ4n) is 2.50. The van der Waals surface area contributed by atoms with Gasteiger partial charge >= 0.3 is 5.97 Å². The van der Waals surface area contributed by atoms with Crippen molar-refractivity contribution in [3.63, 3.8) is 0 Å². The number of carbonyl (C=O) groups excluding carboxylic acids is 3. The summed E-state index contributed by atoms with van der Waals surface area (Å²) in [5, 5.41) is 4.46. The van der Waals surface area contributed by atoms with Crippen molar-refractivity contribution in [1.29, 1.82) is 0 Å². The molecule has 3 aromatic rings. The van der Waals surface area contributed by atoms with Gasteiger partial charge < -0.3 is 14.5 Å². The first-order valence-corrected chi connectivity index (χ1v) is 9.11. The molecule has 0 aliphatic rings. The van der Waals surface area contributed by atoms with Crippen LogP contribution >= 0.6 is 11.3 Å². The fourth-order valence-corrected chi connectivity index (χ4v) is 3.18. The summed E-state index contributed by atoms with van der Waals surface area (Å²) < 4.78 is 10.3. The Balaban J connectivity index is 1.63. The van der Waals surface area contributed by atoms with Crippen molar-refractivity contribution in [2.75, 3.05) is 6.61 Å². The summed E-state index contributed by atoms with van der Waals surface area (Å²) in [7, 11) is 0. The van der Waals surface area contributed by atoms with Gasteiger partial charge in [-0.15, -0.1) is 11.3 Å². The maximum Gasteiger partial charge on any atom is 0.339 e. The number of ketones is 1. The molecule has 2 heterocycles. The number of furan rings is 1. The lowest BCUT2D eigenvalue weighted by Crippen LogP contribution is -2.31. The molecule has 0 saturated heterocycles. The molecule has 0 fully saturated rings. The van der Waals surface area contributed by atoms with Crippen LogP contribution in [0.15, 0.2) is 64.6 Å². The standard InChI is InChI=1S/C20H17NO5S/c1-13(16-8-4-10-25-16)21-18(22)12-26-20(24)15-7-3-2-6-14(15)19(23)17-9-5-11-27-17/h2-11,13H,12H2,1H3,(H,21,22)/t13-/m1/s1. The van der Waals surface area contributed by atoms with E-state index in [4.69, 9.17) is 9.15 Å². The Kier molecular flexibility index (Phi) is 5.83. The Labute approximate surface area is 159 Å². The number of ether oxygens (including phenoxy) is 1. The zero-order chi connectivity index (χ0) is 19.2. The molecular weight excluding hydrogens is 366 g/mol. The molecule has 0 radical (unpaired) electrons. The number of esters is 1. The van der Waals surface area contributed by atoms with Crippen LogP contribution in [0.25, 0.3) is 0 Å². The third-order valence-electron chi connectivity index (χ3n) is 3.82. The van der Waals surface area contributed by atoms with Gasteiger partial charge in [-0.3, -0.25) is 9.59 Å². The first-order chi connectivity index (χ1) is 13.1. The summed E-state index contributed by atoms with van der Waals surface area (Å²) in [4.78, 5) is 37.5. The lowest BCUT2D eigenvalue weighted by Gasteiger charge is -2.12. The summed E-state index contributed by atoms with van der Waals surface area (Å²) in [5.41, 5.74) is 0.372. The van der Waals surface area contributed by atoms with Crippen LogP contribution in [-0.2, 0) is 9.53 Å². The third-order valence-corrected chi connectivity index (χ3v) is 4.69. The first kappa shape index (κ1) is 18.6. The van der Waals surface area contributed by atoms with E-state index < -0.39 is 18.5 Å². The molecule has 1 amide bonds. The van der Waals surface area contributed by atoms with E-state index in [-0.39, 0.29) is 23.0 Å². The van der Waals surface area contributed by atoms with Crippen LogP contribution in [-0.4, -0.2) is 24.3 Å². The average molecular weight is 383 g/mol. The highest BCUT2D eigenvalue weighted by atomic mass is 32.1. The summed E-state index contributed by atoms with van der Waals surface area (Å²) in [6, 6.07) is 13.0. The van der Waals surface area contributed by atoms with Gasteiger partial charge in [0.15, 0.2) is 6.61 Å². The SMILES string of the molecule is C[C@@H](NC(=O)COC(=O)c1ccccc1C(=O)c1cccs1)c1ccco1. The van der Waals surface area contributed by atoms with Crippen molar-refractivity contribution in [3.05, 3.63) is 81.9 Å². The molecule has 7 heteroatoms. The Bertz CT molecular complexity index is 931. The Morgan fingerprint density at radius 1 is 1.07 bits per heavy atom. The number of rotatable bonds is 7. The van der Waals surface area contributed by atoms with Gasteiger partial charge in [0.05, 0.1) is 22.7 Å². The van der Waals surface area contributed by atoms with Crippen molar-refractivity contribution >= 4 is 29.0 Å². The van der Waals surface area contributed by atoms with E-state index in [0.717, 1.165) is 0 Å². The predicted molar refractivity (Wildman–Crippen MR) is 99.7 cm³/mol. The number of carbonyl (C=O) groups is 3. The highest BCUT2D eigenvalue weighted by Gasteiger charge is 2.21. The van der Waals surface area contributed by atoms with Gasteiger partial charge in [0.25, 0.3) is 5.91 Å². The highest BCUT2D eigenvalue weighted by Crippen LogP contribution is 2.19. The molecule has 1 N–H and O–H groups in total. The van der Waals surface area contributed by atoms with Gasteiger partial charge in [0.2, 0.25) is 5.78 Å². The monoisotopic (exact) mass is 383 g/mol. The van der Waals surface area contributed by atoms with Gasteiger partial charge in [-0.1, -0.05) is 24.3 Å². The minimum atomic E-state index is -0.726. The van der Waals surface area contributed by atoms with Gasteiger partial charge in [-0.25, -0.2) is 4.79 Å². The molecule has 6 nitrogen and oxygen atoms in total. The summed E-state index contributed by atoms with van der Waals surface area (Å²) >= 11 is 1.30. The number of benzene rings is 1. The van der Waals surface area contributed by atoms with Crippen LogP contribution in [0.4, 0.5) is 0 Å². The number of hydrogen-bond acceptors (Lipinski definition) is 6. The van der Waals surface area contributed by atoms with Crippen molar-refractivity contribution in [3.8, 4) is 0 Å². The zero-order valence-electron chi connectivity index (χ0n) is 14.5. The third kappa shape index (κ3) is 4.51. The van der Waals surface area contributed by atoms with Crippen LogP contribution in [0, 0.1) is 0 Å². The molecule has 2 aromatic heterocycles. The summed E-state index contributed by atoms with van der Waals surface area (Å²) in [6.45, 7) is 1.30. The van der Waals surface area contributed by atoms with Gasteiger partial charge in [0, 0.05) is 5.56 Å². The molecule has 0 bridgehead atoms. The van der Waals surface area contributed by atoms with Gasteiger partial charge in [-0.2, -0.15) is 0 Å². The highest BCUT2D eigenvalue weighted by molar-refractivity contribution is 7.12. The van der Waals surface area contributed by atoms with Crippen LogP contribution < -0.4 is 5.32 Å². The average Bonchev–Trinajstić information content (AvgIpc) is 3.39. The number of hydrogen-bond donors (Lipinski definition) is 1. The molecular formula is C20H17NO5S. The Hall–Kier alpha value is -3.19. The van der Waals surface area contributed by atoms with E-state index in [2.05, 4.69) is 5.32 Å². The number of nitrogens with one attached hydrogen (secondary N) is 1. The van der Waals surface area contributed by atoms with Crippen LogP contribution in [0.5, 0.6) is 0 Å². The maximum atomic E-state index is 12.6. The topological polar surface area (TPSA) is 85.6 Å². The van der Waals surface area contributed by atoms with E-state index >= 15 is 0 Å². The molecule has 27 heavy (non-hydrogen) atoms. The Morgan fingerprint density at radius 3 is 2.52 bits per heavy atom. The first-order valence-electron chi connectivity index (χ1n) is 8.23. The summed E-state index contributed by atoms with van der Waals surface area (Å²) in [5.74, 6) is -0.847. The van der Waals surface area contributed by atoms with Gasteiger partial charge in [-0.05, 0) is 36.6 Å². The molecule has 0 saturated carbocycles. The molecule has 3 rings (SSSR count). The lowest BCUT2D eigenvalue weighted by molar-refractivity contribution is -0.125. The maximum absolute atomic E-state index is 12.6. The second-order valence-electron chi connectivity index (χ2n) is 5.73. The quantitative estimate of drug-likeness (QED) is 0.498. The number of thiophene rings is 1. The van der Waals surface area contributed by atoms with Crippen LogP contribution in [0.1, 0.15) is 44.3 Å². The second-order valence-corrected chi connectivity index (χ2v) is 6.68. The van der Waals surface area contributed by atoms with Crippen LogP contribution in [0.3, 0.4) is 0 Å². The largest absolute Gasteiger partial charge is 0.467 e. The van der Waals surface area contributed by atoms with E-state index in [1.807, 2.05) is 0 Å².